The van der Waals surface area contributed by atoms with Crippen molar-refractivity contribution >= 4 is 11.9 Å². The Hall–Kier alpha value is -2.76. The van der Waals surface area contributed by atoms with Gasteiger partial charge in [0.05, 0.1) is 13.3 Å². The fourth-order valence-corrected chi connectivity index (χ4v) is 3.73. The number of ether oxygens (including phenoxy) is 2. The van der Waals surface area contributed by atoms with Crippen LogP contribution in [0.15, 0.2) is 42.5 Å². The lowest BCUT2D eigenvalue weighted by Crippen LogP contribution is -2.10. The number of carbonyl (C=O) groups excluding carboxylic acids is 2. The van der Waals surface area contributed by atoms with Gasteiger partial charge in [-0.3, -0.25) is 18.4 Å². The Morgan fingerprint density at radius 3 is 1.60 bits per heavy atom. The highest BCUT2D eigenvalue weighted by Crippen LogP contribution is 2.25. The third-order valence-corrected chi connectivity index (χ3v) is 5.73. The van der Waals surface area contributed by atoms with Gasteiger partial charge in [-0.1, -0.05) is 44.0 Å². The van der Waals surface area contributed by atoms with Crippen LogP contribution in [0, 0.1) is 0 Å². The summed E-state index contributed by atoms with van der Waals surface area (Å²) in [5.74, 6) is -0.305. The quantitative estimate of drug-likeness (QED) is 0.133. The number of alkyl halides is 2. The molecule has 0 saturated heterocycles. The minimum absolute atomic E-state index is 0.122. The summed E-state index contributed by atoms with van der Waals surface area (Å²) in [7, 11) is 0. The first-order chi connectivity index (χ1) is 17.0. The average molecular weight is 489 g/mol. The van der Waals surface area contributed by atoms with Gasteiger partial charge in [-0.2, -0.15) is 0 Å². The van der Waals surface area contributed by atoms with E-state index >= 15 is 0 Å². The molecule has 0 N–H and O–H groups in total. The Morgan fingerprint density at radius 1 is 0.629 bits per heavy atom. The van der Waals surface area contributed by atoms with E-state index in [-0.39, 0.29) is 12.8 Å². The maximum absolute atomic E-state index is 12.3. The van der Waals surface area contributed by atoms with Crippen molar-refractivity contribution in [2.75, 3.05) is 13.3 Å². The number of halogens is 2. The Morgan fingerprint density at radius 2 is 1.11 bits per heavy atom. The van der Waals surface area contributed by atoms with Crippen LogP contribution >= 0.6 is 0 Å². The molecule has 0 radical (unpaired) electrons. The topological polar surface area (TPSA) is 52.6 Å². The maximum Gasteiger partial charge on any atom is 0.311 e. The van der Waals surface area contributed by atoms with Crippen LogP contribution in [0.1, 0.15) is 81.4 Å². The third-order valence-electron chi connectivity index (χ3n) is 5.73. The largest absolute Gasteiger partial charge is 0.426 e. The molecular formula is C29H38F2O4. The SMILES string of the molecule is CCCCCc1ccc(CCc2cc(OC(=O)CCCCF)cc(OC(=O)CCCCF)c2)cc1. The van der Waals surface area contributed by atoms with Crippen molar-refractivity contribution in [3.63, 3.8) is 0 Å². The highest BCUT2D eigenvalue weighted by atomic mass is 19.1. The van der Waals surface area contributed by atoms with E-state index in [1.54, 1.807) is 12.1 Å². The molecule has 0 fully saturated rings. The lowest BCUT2D eigenvalue weighted by molar-refractivity contribution is -0.135. The smallest absolute Gasteiger partial charge is 0.311 e. The van der Waals surface area contributed by atoms with Crippen LogP contribution in [-0.4, -0.2) is 25.3 Å². The summed E-state index contributed by atoms with van der Waals surface area (Å²) in [6.07, 6.45) is 7.90. The number of benzene rings is 2. The molecule has 0 unspecified atom stereocenters. The second-order valence-electron chi connectivity index (χ2n) is 8.83. The summed E-state index contributed by atoms with van der Waals surface area (Å²) in [5.41, 5.74) is 3.41. The highest BCUT2D eigenvalue weighted by Gasteiger charge is 2.12. The number of unbranched alkanes of at least 4 members (excludes halogenated alkanes) is 4. The predicted molar refractivity (Wildman–Crippen MR) is 134 cm³/mol. The van der Waals surface area contributed by atoms with Gasteiger partial charge in [-0.15, -0.1) is 0 Å². The zero-order chi connectivity index (χ0) is 25.3. The molecule has 0 saturated carbocycles. The Bertz CT molecular complexity index is 854. The van der Waals surface area contributed by atoms with Gasteiger partial charge in [0.15, 0.2) is 0 Å². The van der Waals surface area contributed by atoms with E-state index in [9.17, 15) is 18.4 Å². The van der Waals surface area contributed by atoms with Gasteiger partial charge in [0.2, 0.25) is 0 Å². The van der Waals surface area contributed by atoms with E-state index in [1.807, 2.05) is 0 Å². The van der Waals surface area contributed by atoms with Crippen LogP contribution in [0.5, 0.6) is 11.5 Å². The van der Waals surface area contributed by atoms with Crippen molar-refractivity contribution < 1.29 is 27.8 Å². The molecular weight excluding hydrogens is 450 g/mol. The summed E-state index contributed by atoms with van der Waals surface area (Å²) >= 11 is 0. The van der Waals surface area contributed by atoms with E-state index < -0.39 is 25.3 Å². The van der Waals surface area contributed by atoms with E-state index in [0.29, 0.717) is 43.6 Å². The Labute approximate surface area is 208 Å². The van der Waals surface area contributed by atoms with Crippen molar-refractivity contribution in [2.24, 2.45) is 0 Å². The van der Waals surface area contributed by atoms with Crippen LogP contribution in [0.3, 0.4) is 0 Å². The standard InChI is InChI=1S/C29H38F2O4/c1-2-3-4-9-23-12-14-24(15-13-23)16-17-25-20-26(34-28(32)10-5-7-18-30)22-27(21-25)35-29(33)11-6-8-19-31/h12-15,20-22H,2-11,16-19H2,1H3. The lowest BCUT2D eigenvalue weighted by atomic mass is 10.0. The molecule has 0 spiro atoms. The van der Waals surface area contributed by atoms with Crippen LogP contribution < -0.4 is 9.47 Å². The molecule has 2 aromatic rings. The van der Waals surface area contributed by atoms with Crippen molar-refractivity contribution in [1.82, 2.24) is 0 Å². The molecule has 0 amide bonds. The number of hydrogen-bond donors (Lipinski definition) is 0. The van der Waals surface area contributed by atoms with Gasteiger partial charge >= 0.3 is 11.9 Å². The van der Waals surface area contributed by atoms with E-state index in [1.165, 1.54) is 36.5 Å². The van der Waals surface area contributed by atoms with Crippen molar-refractivity contribution in [1.29, 1.82) is 0 Å². The maximum atomic E-state index is 12.3. The molecule has 0 aliphatic heterocycles. The molecule has 0 heterocycles. The fourth-order valence-electron chi connectivity index (χ4n) is 3.73. The first kappa shape index (κ1) is 28.5. The van der Waals surface area contributed by atoms with Crippen LogP contribution in [0.2, 0.25) is 0 Å². The molecule has 4 nitrogen and oxygen atoms in total. The second-order valence-corrected chi connectivity index (χ2v) is 8.83. The van der Waals surface area contributed by atoms with E-state index in [2.05, 4.69) is 31.2 Å². The van der Waals surface area contributed by atoms with Gasteiger partial charge in [-0.05, 0) is 80.2 Å². The van der Waals surface area contributed by atoms with Crippen LogP contribution in [0.25, 0.3) is 0 Å². The van der Waals surface area contributed by atoms with Gasteiger partial charge in [-0.25, -0.2) is 0 Å². The van der Waals surface area contributed by atoms with Gasteiger partial charge in [0.1, 0.15) is 11.5 Å². The number of rotatable bonds is 17. The second kappa shape index (κ2) is 16.8. The van der Waals surface area contributed by atoms with Crippen molar-refractivity contribution in [3.05, 3.63) is 59.2 Å². The summed E-state index contributed by atoms with van der Waals surface area (Å²) in [6, 6.07) is 13.7. The summed E-state index contributed by atoms with van der Waals surface area (Å²) in [6.45, 7) is 1.26. The van der Waals surface area contributed by atoms with E-state index in [4.69, 9.17) is 9.47 Å². The average Bonchev–Trinajstić information content (AvgIpc) is 2.84. The third kappa shape index (κ3) is 12.0. The van der Waals surface area contributed by atoms with Crippen LogP contribution in [0.4, 0.5) is 8.78 Å². The normalized spacial score (nSPS) is 10.8. The molecule has 0 aliphatic rings. The zero-order valence-corrected chi connectivity index (χ0v) is 20.8. The number of carbonyl (C=O) groups is 2. The Kier molecular flexibility index (Phi) is 13.7. The number of aryl methyl sites for hydroxylation is 3. The van der Waals surface area contributed by atoms with Crippen molar-refractivity contribution in [2.45, 2.75) is 84.0 Å². The minimum atomic E-state index is -0.467. The van der Waals surface area contributed by atoms with Gasteiger partial charge < -0.3 is 9.47 Å². The monoisotopic (exact) mass is 488 g/mol. The van der Waals surface area contributed by atoms with Gasteiger partial charge in [0, 0.05) is 18.9 Å². The zero-order valence-electron chi connectivity index (χ0n) is 20.8. The molecule has 0 aliphatic carbocycles. The predicted octanol–water partition coefficient (Wildman–Crippen LogP) is 7.29. The summed E-state index contributed by atoms with van der Waals surface area (Å²) in [4.78, 5) is 24.2. The molecule has 2 aromatic carbocycles. The number of esters is 2. The van der Waals surface area contributed by atoms with Gasteiger partial charge in [0.25, 0.3) is 0 Å². The fraction of sp³-hybridized carbons (Fsp3) is 0.517. The molecule has 6 heteroatoms. The summed E-state index contributed by atoms with van der Waals surface area (Å²) in [5, 5.41) is 0. The minimum Gasteiger partial charge on any atom is -0.426 e. The van der Waals surface area contributed by atoms with Crippen molar-refractivity contribution in [3.8, 4) is 11.5 Å². The highest BCUT2D eigenvalue weighted by molar-refractivity contribution is 5.74. The molecule has 0 atom stereocenters. The molecule has 0 aromatic heterocycles. The van der Waals surface area contributed by atoms with Crippen LogP contribution in [-0.2, 0) is 28.9 Å². The molecule has 0 bridgehead atoms. The Balaban J connectivity index is 2.04. The number of hydrogen-bond acceptors (Lipinski definition) is 4. The summed E-state index contributed by atoms with van der Waals surface area (Å²) < 4.78 is 35.5. The molecule has 2 rings (SSSR count). The van der Waals surface area contributed by atoms with E-state index in [0.717, 1.165) is 18.4 Å². The lowest BCUT2D eigenvalue weighted by Gasteiger charge is -2.11. The molecule has 35 heavy (non-hydrogen) atoms. The first-order valence-electron chi connectivity index (χ1n) is 12.8. The first-order valence-corrected chi connectivity index (χ1v) is 12.8. The molecule has 192 valence electrons.